The second kappa shape index (κ2) is 9.07. The lowest BCUT2D eigenvalue weighted by atomic mass is 9.75. The maximum Gasteiger partial charge on any atom is 0.252 e. The van der Waals surface area contributed by atoms with Gasteiger partial charge in [0.05, 0.1) is 5.41 Å². The molecule has 1 atom stereocenters. The Morgan fingerprint density at radius 2 is 1.34 bits per heavy atom. The van der Waals surface area contributed by atoms with Gasteiger partial charge in [-0.05, 0) is 24.6 Å². The van der Waals surface area contributed by atoms with E-state index in [9.17, 15) is 26.3 Å². The second-order valence-corrected chi connectivity index (χ2v) is 6.19. The van der Waals surface area contributed by atoms with E-state index in [0.29, 0.717) is 0 Å². The van der Waals surface area contributed by atoms with Gasteiger partial charge in [0.15, 0.2) is 17.4 Å². The van der Waals surface area contributed by atoms with Crippen LogP contribution < -0.4 is 9.47 Å². The van der Waals surface area contributed by atoms with Crippen LogP contribution in [0.3, 0.4) is 0 Å². The average Bonchev–Trinajstić information content (AvgIpc) is 2.71. The molecule has 2 nitrogen and oxygen atoms in total. The molecule has 0 aromatic heterocycles. The highest BCUT2D eigenvalue weighted by Gasteiger charge is 2.46. The summed E-state index contributed by atoms with van der Waals surface area (Å²) in [5.74, 6) is -8.78. The van der Waals surface area contributed by atoms with Crippen LogP contribution in [0.25, 0.3) is 0 Å². The quantitative estimate of drug-likeness (QED) is 0.286. The zero-order valence-electron chi connectivity index (χ0n) is 15.5. The largest absolute Gasteiger partial charge is 0.490 e. The standard InChI is InChI=1S/C21H18F6O2/c1-4-10-28-13-8-6-12(7-9-13)21(3,20(26)27)14-15(22)17(24)19(29-11-5-2)18(25)16(14)23/h4-9,20H,1-2,10-11H2,3H3. The summed E-state index contributed by atoms with van der Waals surface area (Å²) in [6.45, 7) is 7.22. The van der Waals surface area contributed by atoms with E-state index in [1.165, 1.54) is 18.2 Å². The van der Waals surface area contributed by atoms with E-state index in [2.05, 4.69) is 17.9 Å². The van der Waals surface area contributed by atoms with Crippen LogP contribution in [0.1, 0.15) is 18.1 Å². The summed E-state index contributed by atoms with van der Waals surface area (Å²) in [4.78, 5) is 0. The van der Waals surface area contributed by atoms with Crippen LogP contribution in [0.4, 0.5) is 26.3 Å². The molecule has 0 fully saturated rings. The number of hydrogen-bond acceptors (Lipinski definition) is 2. The highest BCUT2D eigenvalue weighted by Crippen LogP contribution is 2.44. The lowest BCUT2D eigenvalue weighted by Crippen LogP contribution is -2.35. The SMILES string of the molecule is C=CCOc1ccc(C(C)(c2c(F)c(F)c(OCC=C)c(F)c2F)C(F)F)cc1. The normalized spacial score (nSPS) is 13.1. The van der Waals surface area contributed by atoms with E-state index < -0.39 is 53.0 Å². The van der Waals surface area contributed by atoms with Crippen molar-refractivity contribution in [3.8, 4) is 11.5 Å². The van der Waals surface area contributed by atoms with Gasteiger partial charge in [0.25, 0.3) is 6.43 Å². The molecule has 0 N–H and O–H groups in total. The molecule has 0 aliphatic carbocycles. The van der Waals surface area contributed by atoms with Gasteiger partial charge in [0.1, 0.15) is 19.0 Å². The summed E-state index contributed by atoms with van der Waals surface area (Å²) in [5.41, 5.74) is -4.40. The van der Waals surface area contributed by atoms with Gasteiger partial charge in [-0.15, -0.1) is 0 Å². The molecular formula is C21H18F6O2. The lowest BCUT2D eigenvalue weighted by Gasteiger charge is -2.31. The fraction of sp³-hybridized carbons (Fsp3) is 0.238. The highest BCUT2D eigenvalue weighted by atomic mass is 19.3. The Balaban J connectivity index is 2.66. The van der Waals surface area contributed by atoms with Crippen molar-refractivity contribution in [2.75, 3.05) is 13.2 Å². The Labute approximate surface area is 164 Å². The topological polar surface area (TPSA) is 18.5 Å². The first-order valence-corrected chi connectivity index (χ1v) is 8.42. The van der Waals surface area contributed by atoms with Crippen molar-refractivity contribution in [3.05, 3.63) is 84.0 Å². The smallest absolute Gasteiger partial charge is 0.252 e. The van der Waals surface area contributed by atoms with Crippen molar-refractivity contribution in [2.24, 2.45) is 0 Å². The van der Waals surface area contributed by atoms with Crippen LogP contribution in [0.2, 0.25) is 0 Å². The predicted molar refractivity (Wildman–Crippen MR) is 96.6 cm³/mol. The molecule has 0 aliphatic rings. The zero-order valence-corrected chi connectivity index (χ0v) is 15.5. The first-order chi connectivity index (χ1) is 13.7. The molecule has 0 spiro atoms. The Morgan fingerprint density at radius 3 is 1.79 bits per heavy atom. The summed E-state index contributed by atoms with van der Waals surface area (Å²) in [7, 11) is 0. The minimum Gasteiger partial charge on any atom is -0.490 e. The van der Waals surface area contributed by atoms with Gasteiger partial charge < -0.3 is 9.47 Å². The minimum absolute atomic E-state index is 0.150. The minimum atomic E-state index is -3.40. The molecule has 0 saturated carbocycles. The fourth-order valence-corrected chi connectivity index (χ4v) is 2.77. The maximum atomic E-state index is 14.7. The summed E-state index contributed by atoms with van der Waals surface area (Å²) in [6, 6.07) is 4.87. The highest BCUT2D eigenvalue weighted by molar-refractivity contribution is 5.46. The molecular weight excluding hydrogens is 398 g/mol. The molecule has 2 aromatic carbocycles. The third-order valence-corrected chi connectivity index (χ3v) is 4.35. The third kappa shape index (κ3) is 4.11. The van der Waals surface area contributed by atoms with Crippen LogP contribution in [-0.4, -0.2) is 19.6 Å². The molecule has 8 heteroatoms. The number of ether oxygens (including phenoxy) is 2. The van der Waals surface area contributed by atoms with E-state index in [4.69, 9.17) is 4.74 Å². The molecule has 0 radical (unpaired) electrons. The third-order valence-electron chi connectivity index (χ3n) is 4.35. The number of benzene rings is 2. The molecule has 0 aliphatic heterocycles. The summed E-state index contributed by atoms with van der Waals surface area (Å²) >= 11 is 0. The molecule has 0 bridgehead atoms. The molecule has 29 heavy (non-hydrogen) atoms. The predicted octanol–water partition coefficient (Wildman–Crippen LogP) is 5.94. The average molecular weight is 416 g/mol. The molecule has 1 unspecified atom stereocenters. The molecule has 0 amide bonds. The van der Waals surface area contributed by atoms with Gasteiger partial charge in [0, 0.05) is 5.56 Å². The molecule has 156 valence electrons. The lowest BCUT2D eigenvalue weighted by molar-refractivity contribution is 0.0754. The van der Waals surface area contributed by atoms with Gasteiger partial charge in [-0.2, -0.15) is 8.78 Å². The van der Waals surface area contributed by atoms with Crippen molar-refractivity contribution in [1.82, 2.24) is 0 Å². The fourth-order valence-electron chi connectivity index (χ4n) is 2.77. The first-order valence-electron chi connectivity index (χ1n) is 8.42. The number of rotatable bonds is 9. The zero-order chi connectivity index (χ0) is 21.8. The Kier molecular flexibility index (Phi) is 7.00. The van der Waals surface area contributed by atoms with Crippen molar-refractivity contribution >= 4 is 0 Å². The molecule has 0 saturated heterocycles. The first kappa shape index (κ1) is 22.4. The van der Waals surface area contributed by atoms with E-state index in [1.54, 1.807) is 0 Å². The molecule has 2 rings (SSSR count). The van der Waals surface area contributed by atoms with Crippen molar-refractivity contribution in [2.45, 2.75) is 18.8 Å². The van der Waals surface area contributed by atoms with Gasteiger partial charge in [-0.25, -0.2) is 17.6 Å². The summed E-state index contributed by atoms with van der Waals surface area (Å²) in [5, 5.41) is 0. The number of alkyl halides is 2. The van der Waals surface area contributed by atoms with Crippen LogP contribution in [0.5, 0.6) is 11.5 Å². The number of halogens is 6. The van der Waals surface area contributed by atoms with E-state index in [0.717, 1.165) is 25.1 Å². The van der Waals surface area contributed by atoms with Crippen LogP contribution in [-0.2, 0) is 5.41 Å². The Hall–Kier alpha value is -2.90. The van der Waals surface area contributed by atoms with E-state index >= 15 is 0 Å². The van der Waals surface area contributed by atoms with Gasteiger partial charge >= 0.3 is 0 Å². The van der Waals surface area contributed by atoms with Gasteiger partial charge in [-0.1, -0.05) is 37.4 Å². The van der Waals surface area contributed by atoms with E-state index in [1.807, 2.05) is 0 Å². The summed E-state index contributed by atoms with van der Waals surface area (Å²) < 4.78 is 95.8. The van der Waals surface area contributed by atoms with Crippen LogP contribution >= 0.6 is 0 Å². The Morgan fingerprint density at radius 1 is 0.862 bits per heavy atom. The van der Waals surface area contributed by atoms with Gasteiger partial charge in [-0.3, -0.25) is 0 Å². The maximum absolute atomic E-state index is 14.7. The van der Waals surface area contributed by atoms with E-state index in [-0.39, 0.29) is 17.9 Å². The second-order valence-electron chi connectivity index (χ2n) is 6.19. The van der Waals surface area contributed by atoms with Crippen LogP contribution in [0.15, 0.2) is 49.6 Å². The van der Waals surface area contributed by atoms with Crippen molar-refractivity contribution in [3.63, 3.8) is 0 Å². The molecule has 0 heterocycles. The Bertz CT molecular complexity index is 866. The number of hydrogen-bond donors (Lipinski definition) is 0. The van der Waals surface area contributed by atoms with Crippen LogP contribution in [0, 0.1) is 23.3 Å². The van der Waals surface area contributed by atoms with Crippen molar-refractivity contribution < 1.29 is 35.8 Å². The van der Waals surface area contributed by atoms with Gasteiger partial charge in [0.2, 0.25) is 11.6 Å². The molecule has 2 aromatic rings. The summed E-state index contributed by atoms with van der Waals surface area (Å²) in [6.07, 6.45) is -0.837. The monoisotopic (exact) mass is 416 g/mol. The van der Waals surface area contributed by atoms with Crippen molar-refractivity contribution in [1.29, 1.82) is 0 Å².